The van der Waals surface area contributed by atoms with Crippen LogP contribution in [0.25, 0.3) is 0 Å². The molecule has 2 aromatic carbocycles. The highest BCUT2D eigenvalue weighted by molar-refractivity contribution is 9.10. The molecule has 1 atom stereocenters. The fourth-order valence-corrected chi connectivity index (χ4v) is 2.75. The normalized spacial score (nSPS) is 12.4. The number of benzene rings is 2. The summed E-state index contributed by atoms with van der Waals surface area (Å²) in [6.45, 7) is 2.69. The second-order valence-corrected chi connectivity index (χ2v) is 6.47. The highest BCUT2D eigenvalue weighted by Gasteiger charge is 2.23. The molecule has 1 N–H and O–H groups in total. The van der Waals surface area contributed by atoms with Crippen molar-refractivity contribution in [3.63, 3.8) is 0 Å². The molecule has 0 saturated carbocycles. The number of halogens is 4. The smallest absolute Gasteiger partial charge is 0.145 e. The fourth-order valence-electron chi connectivity index (χ4n) is 2.14. The van der Waals surface area contributed by atoms with Gasteiger partial charge in [-0.3, -0.25) is 0 Å². The van der Waals surface area contributed by atoms with Crippen molar-refractivity contribution in [1.29, 1.82) is 0 Å². The quantitative estimate of drug-likeness (QED) is 0.625. The van der Waals surface area contributed by atoms with Gasteiger partial charge in [-0.05, 0) is 58.7 Å². The van der Waals surface area contributed by atoms with Crippen LogP contribution in [0.2, 0.25) is 0 Å². The van der Waals surface area contributed by atoms with E-state index in [1.807, 2.05) is 31.2 Å². The van der Waals surface area contributed by atoms with Crippen LogP contribution in [0.5, 0.6) is 0 Å². The fraction of sp³-hybridized carbons (Fsp3) is 0.250. The van der Waals surface area contributed by atoms with Crippen LogP contribution in [0.3, 0.4) is 0 Å². The Kier molecular flexibility index (Phi) is 5.90. The van der Waals surface area contributed by atoms with E-state index in [1.165, 1.54) is 12.1 Å². The average Bonchev–Trinajstić information content (AvgIpc) is 2.48. The maximum absolute atomic E-state index is 14.4. The van der Waals surface area contributed by atoms with Gasteiger partial charge in [-0.1, -0.05) is 35.0 Å². The summed E-state index contributed by atoms with van der Waals surface area (Å²) in [6.07, 6.45) is 0.879. The van der Waals surface area contributed by atoms with Gasteiger partial charge in [0.2, 0.25) is 0 Å². The molecule has 0 bridgehead atoms. The third-order valence-electron chi connectivity index (χ3n) is 3.17. The predicted molar refractivity (Wildman–Crippen MR) is 88.3 cm³/mol. The third-order valence-corrected chi connectivity index (χ3v) is 4.31. The van der Waals surface area contributed by atoms with Crippen molar-refractivity contribution in [2.75, 3.05) is 6.54 Å². The van der Waals surface area contributed by atoms with E-state index in [1.54, 1.807) is 0 Å². The molecule has 0 aliphatic heterocycles. The summed E-state index contributed by atoms with van der Waals surface area (Å²) in [4.78, 5) is 0. The van der Waals surface area contributed by atoms with Crippen molar-refractivity contribution >= 4 is 31.9 Å². The molecule has 0 aliphatic carbocycles. The summed E-state index contributed by atoms with van der Waals surface area (Å²) in [5.41, 5.74) is 0.864. The van der Waals surface area contributed by atoms with Crippen LogP contribution in [0.1, 0.15) is 30.5 Å². The number of hydrogen-bond acceptors (Lipinski definition) is 1. The molecule has 21 heavy (non-hydrogen) atoms. The lowest BCUT2D eigenvalue weighted by Gasteiger charge is -2.21. The zero-order valence-corrected chi connectivity index (χ0v) is 14.6. The van der Waals surface area contributed by atoms with E-state index in [-0.39, 0.29) is 10.0 Å². The summed E-state index contributed by atoms with van der Waals surface area (Å²) in [7, 11) is 0. The standard InChI is InChI=1S/C16H15Br2F2N/c1-2-9-21-16(10-3-5-11(17)6-4-10)14-13(19)8-7-12(18)15(14)20/h3-8,16,21H,2,9H2,1H3. The minimum Gasteiger partial charge on any atom is -0.306 e. The van der Waals surface area contributed by atoms with E-state index in [0.29, 0.717) is 6.54 Å². The van der Waals surface area contributed by atoms with E-state index in [4.69, 9.17) is 0 Å². The molecule has 0 aromatic heterocycles. The lowest BCUT2D eigenvalue weighted by atomic mass is 9.97. The Bertz CT molecular complexity index is 614. The van der Waals surface area contributed by atoms with Crippen LogP contribution < -0.4 is 5.32 Å². The Hall–Kier alpha value is -0.780. The average molecular weight is 419 g/mol. The Balaban J connectivity index is 2.50. The first-order valence-corrected chi connectivity index (χ1v) is 8.25. The molecule has 5 heteroatoms. The van der Waals surface area contributed by atoms with Gasteiger partial charge in [-0.25, -0.2) is 8.78 Å². The molecule has 1 unspecified atom stereocenters. The van der Waals surface area contributed by atoms with Gasteiger partial charge >= 0.3 is 0 Å². The molecular weight excluding hydrogens is 404 g/mol. The molecule has 0 aliphatic rings. The Morgan fingerprint density at radius 1 is 1.05 bits per heavy atom. The molecule has 0 radical (unpaired) electrons. The number of rotatable bonds is 5. The minimum atomic E-state index is -0.563. The lowest BCUT2D eigenvalue weighted by Crippen LogP contribution is -2.25. The molecule has 0 fully saturated rings. The molecule has 112 valence electrons. The van der Waals surface area contributed by atoms with Gasteiger partial charge in [0.15, 0.2) is 0 Å². The lowest BCUT2D eigenvalue weighted by molar-refractivity contribution is 0.500. The zero-order chi connectivity index (χ0) is 15.4. The maximum atomic E-state index is 14.4. The van der Waals surface area contributed by atoms with Crippen molar-refractivity contribution in [2.45, 2.75) is 19.4 Å². The number of nitrogens with one attached hydrogen (secondary N) is 1. The first kappa shape index (κ1) is 16.6. The summed E-state index contributed by atoms with van der Waals surface area (Å²) in [5.74, 6) is -1.11. The maximum Gasteiger partial charge on any atom is 0.145 e. The monoisotopic (exact) mass is 417 g/mol. The van der Waals surface area contributed by atoms with E-state index >= 15 is 0 Å². The Morgan fingerprint density at radius 3 is 2.33 bits per heavy atom. The van der Waals surface area contributed by atoms with E-state index < -0.39 is 17.7 Å². The summed E-state index contributed by atoms with van der Waals surface area (Å²) in [6, 6.07) is 9.59. The van der Waals surface area contributed by atoms with E-state index in [9.17, 15) is 8.78 Å². The van der Waals surface area contributed by atoms with E-state index in [0.717, 1.165) is 16.5 Å². The molecule has 0 spiro atoms. The van der Waals surface area contributed by atoms with Crippen molar-refractivity contribution < 1.29 is 8.78 Å². The van der Waals surface area contributed by atoms with Crippen LogP contribution in [0.4, 0.5) is 8.78 Å². The molecule has 0 amide bonds. The van der Waals surface area contributed by atoms with Crippen LogP contribution in [-0.2, 0) is 0 Å². The highest BCUT2D eigenvalue weighted by Crippen LogP contribution is 2.31. The third kappa shape index (κ3) is 3.90. The second kappa shape index (κ2) is 7.47. The SMILES string of the molecule is CCCNC(c1ccc(Br)cc1)c1c(F)ccc(Br)c1F. The minimum absolute atomic E-state index is 0.0418. The number of hydrogen-bond donors (Lipinski definition) is 1. The van der Waals surface area contributed by atoms with Gasteiger partial charge in [0.1, 0.15) is 11.6 Å². The highest BCUT2D eigenvalue weighted by atomic mass is 79.9. The van der Waals surface area contributed by atoms with Crippen LogP contribution in [-0.4, -0.2) is 6.54 Å². The molecule has 1 nitrogen and oxygen atoms in total. The molecule has 2 rings (SSSR count). The van der Waals surface area contributed by atoms with Gasteiger partial charge in [-0.15, -0.1) is 0 Å². The van der Waals surface area contributed by atoms with Gasteiger partial charge < -0.3 is 5.32 Å². The van der Waals surface area contributed by atoms with Gasteiger partial charge in [0.25, 0.3) is 0 Å². The second-order valence-electron chi connectivity index (χ2n) is 4.70. The summed E-state index contributed by atoms with van der Waals surface area (Å²) < 4.78 is 29.7. The van der Waals surface area contributed by atoms with Gasteiger partial charge in [0, 0.05) is 10.0 Å². The Labute approximate surface area is 140 Å². The van der Waals surface area contributed by atoms with Crippen molar-refractivity contribution in [1.82, 2.24) is 5.32 Å². The van der Waals surface area contributed by atoms with Gasteiger partial charge in [-0.2, -0.15) is 0 Å². The van der Waals surface area contributed by atoms with Crippen LogP contribution in [0, 0.1) is 11.6 Å². The summed E-state index contributed by atoms with van der Waals surface area (Å²) >= 11 is 6.49. The van der Waals surface area contributed by atoms with E-state index in [2.05, 4.69) is 37.2 Å². The zero-order valence-electron chi connectivity index (χ0n) is 11.5. The summed E-state index contributed by atoms with van der Waals surface area (Å²) in [5, 5.41) is 3.21. The van der Waals surface area contributed by atoms with Crippen molar-refractivity contribution in [3.8, 4) is 0 Å². The van der Waals surface area contributed by atoms with Crippen molar-refractivity contribution in [3.05, 3.63) is 68.1 Å². The molecule has 0 heterocycles. The topological polar surface area (TPSA) is 12.0 Å². The first-order chi connectivity index (χ1) is 10.0. The first-order valence-electron chi connectivity index (χ1n) is 6.66. The Morgan fingerprint density at radius 2 is 1.71 bits per heavy atom. The molecule has 2 aromatic rings. The largest absolute Gasteiger partial charge is 0.306 e. The molecular formula is C16H15Br2F2N. The van der Waals surface area contributed by atoms with Gasteiger partial charge in [0.05, 0.1) is 10.5 Å². The molecule has 0 saturated heterocycles. The van der Waals surface area contributed by atoms with Crippen molar-refractivity contribution in [2.24, 2.45) is 0 Å². The van der Waals surface area contributed by atoms with Crippen LogP contribution in [0.15, 0.2) is 45.3 Å². The van der Waals surface area contributed by atoms with Crippen LogP contribution >= 0.6 is 31.9 Å². The predicted octanol–water partition coefficient (Wildman–Crippen LogP) is 5.58.